The fourth-order valence-electron chi connectivity index (χ4n) is 1.06. The molecule has 60 valence electrons. The molecule has 0 aliphatic heterocycles. The molecule has 0 saturated heterocycles. The molecule has 0 aromatic carbocycles. The second-order valence-corrected chi connectivity index (χ2v) is 2.36. The van der Waals surface area contributed by atoms with E-state index in [-0.39, 0.29) is 0 Å². The lowest BCUT2D eigenvalue weighted by molar-refractivity contribution is -0.742. The van der Waals surface area contributed by atoms with Crippen molar-refractivity contribution in [1.29, 1.82) is 0 Å². The van der Waals surface area contributed by atoms with Crippen LogP contribution in [0.25, 0.3) is 0 Å². The molecule has 0 atom stereocenters. The highest BCUT2D eigenvalue weighted by Gasteiger charge is 1.95. The quantitative estimate of drug-likeness (QED) is 0.421. The number of nitrogens with zero attached hydrogens (tertiary/aromatic N) is 1. The van der Waals surface area contributed by atoms with Gasteiger partial charge in [0.15, 0.2) is 0 Å². The summed E-state index contributed by atoms with van der Waals surface area (Å²) in [5, 5.41) is 13.6. The first-order chi connectivity index (χ1) is 4.73. The Kier molecular flexibility index (Phi) is 5.82. The van der Waals surface area contributed by atoms with Crippen LogP contribution in [-0.4, -0.2) is 10.3 Å². The van der Waals surface area contributed by atoms with Crippen LogP contribution in [0.2, 0.25) is 0 Å². The summed E-state index contributed by atoms with van der Waals surface area (Å²) in [5.41, 5.74) is 0. The minimum Gasteiger partial charge on any atom is -0.328 e. The van der Waals surface area contributed by atoms with Crippen molar-refractivity contribution >= 4 is 0 Å². The van der Waals surface area contributed by atoms with E-state index in [0.717, 1.165) is 0 Å². The van der Waals surface area contributed by atoms with Gasteiger partial charge >= 0.3 is 0 Å². The van der Waals surface area contributed by atoms with E-state index in [0.29, 0.717) is 0 Å². The summed E-state index contributed by atoms with van der Waals surface area (Å²) in [6, 6.07) is 0. The van der Waals surface area contributed by atoms with Crippen LogP contribution in [-0.2, 0) is 0 Å². The van der Waals surface area contributed by atoms with Crippen molar-refractivity contribution in [3.63, 3.8) is 0 Å². The van der Waals surface area contributed by atoms with Crippen LogP contribution in [0.1, 0.15) is 38.5 Å². The molecule has 0 unspecified atom stereocenters. The van der Waals surface area contributed by atoms with Gasteiger partial charge in [-0.2, -0.15) is 0 Å². The smallest absolute Gasteiger partial charge is 0.291 e. The Morgan fingerprint density at radius 3 is 1.20 bits per heavy atom. The molecule has 0 radical (unpaired) electrons. The predicted molar refractivity (Wildman–Crippen MR) is 36.5 cm³/mol. The topological polar surface area (TPSA) is 63.4 Å². The molecule has 0 aromatic rings. The Labute approximate surface area is 60.0 Å². The summed E-state index contributed by atoms with van der Waals surface area (Å²) in [7, 11) is 0. The third-order valence-electron chi connectivity index (χ3n) is 1.50. The van der Waals surface area contributed by atoms with Crippen LogP contribution in [0.4, 0.5) is 0 Å². The van der Waals surface area contributed by atoms with Crippen molar-refractivity contribution in [1.82, 2.24) is 0 Å². The number of hydrogen-bond donors (Lipinski definition) is 1. The average Bonchev–Trinajstić information content (AvgIpc) is 1.90. The number of hydrogen-bond acceptors (Lipinski definition) is 2. The maximum atomic E-state index is 8.36. The maximum Gasteiger partial charge on any atom is 0.291 e. The molecule has 1 rings (SSSR count). The SMILES string of the molecule is C1CCCCC1.O=[N+]([O-])O. The molecule has 0 spiro atoms. The largest absolute Gasteiger partial charge is 0.328 e. The summed E-state index contributed by atoms with van der Waals surface area (Å²) < 4.78 is 0. The molecule has 0 aromatic heterocycles. The standard InChI is InChI=1S/C6H12.HNO3/c1-2-4-6-5-3-1;2-1(3)4/h1-6H2;(H,2,3,4). The summed E-state index contributed by atoms with van der Waals surface area (Å²) in [6.45, 7) is 0. The van der Waals surface area contributed by atoms with E-state index in [4.69, 9.17) is 15.3 Å². The van der Waals surface area contributed by atoms with E-state index in [1.165, 1.54) is 38.5 Å². The van der Waals surface area contributed by atoms with Crippen LogP contribution < -0.4 is 0 Å². The van der Waals surface area contributed by atoms with Crippen molar-refractivity contribution in [2.24, 2.45) is 0 Å². The number of rotatable bonds is 0. The first-order valence-corrected chi connectivity index (χ1v) is 3.57. The van der Waals surface area contributed by atoms with E-state index < -0.39 is 5.09 Å². The first-order valence-electron chi connectivity index (χ1n) is 3.57. The zero-order valence-electron chi connectivity index (χ0n) is 5.95. The van der Waals surface area contributed by atoms with Crippen molar-refractivity contribution in [2.45, 2.75) is 38.5 Å². The van der Waals surface area contributed by atoms with E-state index in [1.54, 1.807) is 0 Å². The summed E-state index contributed by atoms with van der Waals surface area (Å²) >= 11 is 0. The lowest BCUT2D eigenvalue weighted by Crippen LogP contribution is -1.85. The lowest BCUT2D eigenvalue weighted by Gasteiger charge is -2.05. The van der Waals surface area contributed by atoms with Crippen LogP contribution in [0.15, 0.2) is 0 Å². The van der Waals surface area contributed by atoms with Crippen molar-refractivity contribution in [3.05, 3.63) is 10.1 Å². The minimum atomic E-state index is -1.50. The van der Waals surface area contributed by atoms with Crippen LogP contribution in [0.3, 0.4) is 0 Å². The van der Waals surface area contributed by atoms with E-state index >= 15 is 0 Å². The Balaban J connectivity index is 0.000000180. The summed E-state index contributed by atoms with van der Waals surface area (Å²) in [5.74, 6) is 0. The molecule has 1 aliphatic carbocycles. The molecule has 10 heavy (non-hydrogen) atoms. The maximum absolute atomic E-state index is 8.36. The van der Waals surface area contributed by atoms with Gasteiger partial charge in [0.25, 0.3) is 5.09 Å². The zero-order valence-corrected chi connectivity index (χ0v) is 5.95. The van der Waals surface area contributed by atoms with Gasteiger partial charge in [-0.3, -0.25) is 0 Å². The van der Waals surface area contributed by atoms with Gasteiger partial charge in [-0.05, 0) is 0 Å². The monoisotopic (exact) mass is 147 g/mol. The Hall–Kier alpha value is -0.800. The fraction of sp³-hybridized carbons (Fsp3) is 1.00. The highest BCUT2D eigenvalue weighted by molar-refractivity contribution is 4.51. The summed E-state index contributed by atoms with van der Waals surface area (Å²) in [6.07, 6.45) is 9.00. The van der Waals surface area contributed by atoms with Crippen LogP contribution >= 0.6 is 0 Å². The van der Waals surface area contributed by atoms with Crippen molar-refractivity contribution in [2.75, 3.05) is 0 Å². The highest BCUT2D eigenvalue weighted by atomic mass is 16.9. The molecular formula is C6H13NO3. The molecular weight excluding hydrogens is 134 g/mol. The van der Waals surface area contributed by atoms with E-state index in [1.807, 2.05) is 0 Å². The molecule has 1 fully saturated rings. The molecule has 1 N–H and O–H groups in total. The Morgan fingerprint density at radius 1 is 1.00 bits per heavy atom. The average molecular weight is 147 g/mol. The van der Waals surface area contributed by atoms with Crippen molar-refractivity contribution in [3.8, 4) is 0 Å². The third kappa shape index (κ3) is 10.2. The minimum absolute atomic E-state index is 1.50. The second-order valence-electron chi connectivity index (χ2n) is 2.36. The molecule has 0 heterocycles. The molecule has 4 heteroatoms. The van der Waals surface area contributed by atoms with Gasteiger partial charge in [-0.15, -0.1) is 10.1 Å². The molecule has 0 amide bonds. The van der Waals surface area contributed by atoms with Gasteiger partial charge in [0.1, 0.15) is 0 Å². The van der Waals surface area contributed by atoms with E-state index in [2.05, 4.69) is 0 Å². The van der Waals surface area contributed by atoms with Crippen LogP contribution in [0.5, 0.6) is 0 Å². The van der Waals surface area contributed by atoms with Gasteiger partial charge in [0, 0.05) is 0 Å². The normalized spacial score (nSPS) is 16.8. The first kappa shape index (κ1) is 9.20. The van der Waals surface area contributed by atoms with Gasteiger partial charge in [-0.25, -0.2) is 0 Å². The van der Waals surface area contributed by atoms with Gasteiger partial charge in [0.2, 0.25) is 0 Å². The van der Waals surface area contributed by atoms with Gasteiger partial charge in [0.05, 0.1) is 0 Å². The van der Waals surface area contributed by atoms with Crippen LogP contribution in [0, 0.1) is 10.1 Å². The predicted octanol–water partition coefficient (Wildman–Crippen LogP) is 1.99. The summed E-state index contributed by atoms with van der Waals surface area (Å²) in [4.78, 5) is 8.36. The Bertz CT molecular complexity index is 75.5. The zero-order chi connectivity index (χ0) is 7.82. The molecule has 4 nitrogen and oxygen atoms in total. The molecule has 1 saturated carbocycles. The van der Waals surface area contributed by atoms with Gasteiger partial charge in [-0.1, -0.05) is 38.5 Å². The third-order valence-corrected chi connectivity index (χ3v) is 1.50. The molecule has 0 bridgehead atoms. The van der Waals surface area contributed by atoms with Crippen molar-refractivity contribution < 1.29 is 10.3 Å². The second kappa shape index (κ2) is 6.32. The lowest BCUT2D eigenvalue weighted by atomic mass is 10.0. The van der Waals surface area contributed by atoms with E-state index in [9.17, 15) is 0 Å². The Morgan fingerprint density at radius 2 is 1.10 bits per heavy atom. The fourth-order valence-corrected chi connectivity index (χ4v) is 1.06. The highest BCUT2D eigenvalue weighted by Crippen LogP contribution is 2.15. The van der Waals surface area contributed by atoms with Gasteiger partial charge < -0.3 is 5.21 Å². The molecule has 1 aliphatic rings.